The molecule has 6 heteroatoms. The lowest BCUT2D eigenvalue weighted by Gasteiger charge is -2.38. The minimum atomic E-state index is -1.86. The molecule has 0 aliphatic carbocycles. The Kier molecular flexibility index (Phi) is 6.60. The summed E-state index contributed by atoms with van der Waals surface area (Å²) in [5.41, 5.74) is 7.51. The maximum Gasteiger partial charge on any atom is 0.266 e. The van der Waals surface area contributed by atoms with Crippen molar-refractivity contribution in [2.24, 2.45) is 0 Å². The van der Waals surface area contributed by atoms with Gasteiger partial charge < -0.3 is 0 Å². The smallest absolute Gasteiger partial charge is 0.266 e. The van der Waals surface area contributed by atoms with Crippen LogP contribution in [0.3, 0.4) is 0 Å². The van der Waals surface area contributed by atoms with E-state index in [4.69, 9.17) is 0 Å². The summed E-state index contributed by atoms with van der Waals surface area (Å²) in [6.45, 7) is 21.2. The van der Waals surface area contributed by atoms with Crippen LogP contribution < -0.4 is 4.90 Å². The van der Waals surface area contributed by atoms with E-state index >= 15 is 0 Å². The van der Waals surface area contributed by atoms with Gasteiger partial charge in [0.2, 0.25) is 0 Å². The Labute approximate surface area is 222 Å². The summed E-state index contributed by atoms with van der Waals surface area (Å²) < 4.78 is 0. The highest BCUT2D eigenvalue weighted by Gasteiger charge is 2.52. The SMILES string of the molecule is CC(C)[Si](C#Cc1ccc(N2C(=O)c3cc4c(cc3C2=O)C(C)(C)N([O])C4(C)C)cc1)(C(C)C)C(C)C. The zero-order chi connectivity index (χ0) is 27.7. The highest BCUT2D eigenvalue weighted by Crippen LogP contribution is 2.50. The zero-order valence-corrected chi connectivity index (χ0v) is 24.8. The number of imide groups is 1. The van der Waals surface area contributed by atoms with Crippen molar-refractivity contribution in [2.75, 3.05) is 4.90 Å². The van der Waals surface area contributed by atoms with Gasteiger partial charge in [0, 0.05) is 5.56 Å². The minimum Gasteiger partial charge on any atom is -0.268 e. The van der Waals surface area contributed by atoms with E-state index < -0.39 is 19.2 Å². The highest BCUT2D eigenvalue weighted by molar-refractivity contribution is 6.90. The van der Waals surface area contributed by atoms with Crippen molar-refractivity contribution in [1.82, 2.24) is 5.06 Å². The lowest BCUT2D eigenvalue weighted by Crippen LogP contribution is -2.43. The second kappa shape index (κ2) is 8.94. The number of carbonyl (C=O) groups excluding carboxylic acids is 2. The van der Waals surface area contributed by atoms with Crippen LogP contribution in [-0.4, -0.2) is 25.0 Å². The monoisotopic (exact) mass is 515 g/mol. The Morgan fingerprint density at radius 3 is 1.51 bits per heavy atom. The maximum atomic E-state index is 13.4. The molecule has 0 bridgehead atoms. The summed E-state index contributed by atoms with van der Waals surface area (Å²) in [6, 6.07) is 10.9. The van der Waals surface area contributed by atoms with Crippen molar-refractivity contribution >= 4 is 25.6 Å². The van der Waals surface area contributed by atoms with Gasteiger partial charge in [-0.1, -0.05) is 47.5 Å². The van der Waals surface area contributed by atoms with Crippen LogP contribution in [0.1, 0.15) is 107 Å². The predicted molar refractivity (Wildman–Crippen MR) is 151 cm³/mol. The normalized spacial score (nSPS) is 18.5. The fraction of sp³-hybridized carbons (Fsp3) is 0.484. The molecule has 4 rings (SSSR count). The molecule has 2 aromatic carbocycles. The standard InChI is InChI=1S/C31H39N2O3Si/c1-19(2)37(20(3)4,21(5)6)16-15-22-11-13-23(14-12-22)32-28(34)24-17-26-27(18-25(24)29(32)35)31(9,10)33(36)30(26,7)8/h11-14,17-21H,1-10H3. The van der Waals surface area contributed by atoms with Crippen molar-refractivity contribution in [3.05, 3.63) is 64.2 Å². The van der Waals surface area contributed by atoms with Crippen molar-refractivity contribution < 1.29 is 14.8 Å². The third-order valence-electron chi connectivity index (χ3n) is 8.77. The molecule has 0 spiro atoms. The van der Waals surface area contributed by atoms with E-state index in [-0.39, 0.29) is 11.8 Å². The molecule has 1 radical (unpaired) electrons. The number of anilines is 1. The summed E-state index contributed by atoms with van der Waals surface area (Å²) in [7, 11) is -1.86. The molecule has 0 N–H and O–H groups in total. The van der Waals surface area contributed by atoms with Crippen molar-refractivity contribution in [3.8, 4) is 11.5 Å². The Morgan fingerprint density at radius 2 is 1.14 bits per heavy atom. The van der Waals surface area contributed by atoms with Crippen LogP contribution in [0.25, 0.3) is 0 Å². The van der Waals surface area contributed by atoms with Crippen LogP contribution in [-0.2, 0) is 16.3 Å². The molecule has 37 heavy (non-hydrogen) atoms. The summed E-state index contributed by atoms with van der Waals surface area (Å²) in [6.07, 6.45) is 0. The summed E-state index contributed by atoms with van der Waals surface area (Å²) in [5.74, 6) is 2.72. The fourth-order valence-electron chi connectivity index (χ4n) is 6.76. The zero-order valence-electron chi connectivity index (χ0n) is 23.8. The number of carbonyl (C=O) groups is 2. The second-order valence-corrected chi connectivity index (χ2v) is 18.1. The van der Waals surface area contributed by atoms with Gasteiger partial charge in [0.1, 0.15) is 8.07 Å². The number of amides is 2. The number of hydroxylamine groups is 2. The Hall–Kier alpha value is -2.72. The van der Waals surface area contributed by atoms with Gasteiger partial charge in [0.25, 0.3) is 11.8 Å². The van der Waals surface area contributed by atoms with E-state index in [9.17, 15) is 14.8 Å². The molecular weight excluding hydrogens is 476 g/mol. The lowest BCUT2D eigenvalue weighted by atomic mass is 9.87. The molecule has 2 heterocycles. The number of benzene rings is 2. The van der Waals surface area contributed by atoms with E-state index in [0.29, 0.717) is 33.4 Å². The number of fused-ring (bicyclic) bond motifs is 2. The molecular formula is C31H39N2O3Si. The van der Waals surface area contributed by atoms with Gasteiger partial charge in [0.05, 0.1) is 27.9 Å². The third kappa shape index (κ3) is 3.91. The van der Waals surface area contributed by atoms with Gasteiger partial charge in [-0.2, -0.15) is 0 Å². The first-order chi connectivity index (χ1) is 17.1. The first-order valence-corrected chi connectivity index (χ1v) is 15.5. The average molecular weight is 516 g/mol. The topological polar surface area (TPSA) is 60.5 Å². The number of nitrogens with zero attached hydrogens (tertiary/aromatic N) is 2. The van der Waals surface area contributed by atoms with Crippen molar-refractivity contribution in [3.63, 3.8) is 0 Å². The molecule has 0 unspecified atom stereocenters. The maximum absolute atomic E-state index is 13.4. The van der Waals surface area contributed by atoms with Gasteiger partial charge in [-0.05, 0) is 91.8 Å². The molecule has 5 nitrogen and oxygen atoms in total. The molecule has 0 aromatic heterocycles. The fourth-order valence-corrected chi connectivity index (χ4v) is 12.0. The van der Waals surface area contributed by atoms with Crippen LogP contribution in [0.2, 0.25) is 16.6 Å². The molecule has 0 atom stereocenters. The number of rotatable bonds is 4. The lowest BCUT2D eigenvalue weighted by molar-refractivity contribution is -0.266. The van der Waals surface area contributed by atoms with Gasteiger partial charge in [0.15, 0.2) is 0 Å². The van der Waals surface area contributed by atoms with Gasteiger partial charge in [-0.3, -0.25) is 9.59 Å². The minimum absolute atomic E-state index is 0.355. The first kappa shape index (κ1) is 27.3. The quantitative estimate of drug-likeness (QED) is 0.246. The molecule has 2 aliphatic rings. The molecule has 0 fully saturated rings. The van der Waals surface area contributed by atoms with Crippen LogP contribution in [0.5, 0.6) is 0 Å². The van der Waals surface area contributed by atoms with Crippen LogP contribution in [0.15, 0.2) is 36.4 Å². The molecule has 2 aromatic rings. The molecule has 195 valence electrons. The Morgan fingerprint density at radius 1 is 0.730 bits per heavy atom. The summed E-state index contributed by atoms with van der Waals surface area (Å²) in [4.78, 5) is 28.1. The number of hydrogen-bond acceptors (Lipinski definition) is 3. The third-order valence-corrected chi connectivity index (χ3v) is 15.1. The predicted octanol–water partition coefficient (Wildman–Crippen LogP) is 7.19. The van der Waals surface area contributed by atoms with Crippen LogP contribution in [0.4, 0.5) is 5.69 Å². The molecule has 2 aliphatic heterocycles. The van der Waals surface area contributed by atoms with Gasteiger partial charge in [-0.25, -0.2) is 4.90 Å². The Balaban J connectivity index is 1.68. The number of hydrogen-bond donors (Lipinski definition) is 0. The van der Waals surface area contributed by atoms with Gasteiger partial charge in [-0.15, -0.1) is 15.8 Å². The van der Waals surface area contributed by atoms with Crippen molar-refractivity contribution in [2.45, 2.75) is 96.9 Å². The van der Waals surface area contributed by atoms with Crippen LogP contribution in [0, 0.1) is 11.5 Å². The second-order valence-electron chi connectivity index (χ2n) is 12.5. The largest absolute Gasteiger partial charge is 0.268 e. The van der Waals surface area contributed by atoms with E-state index in [2.05, 4.69) is 53.0 Å². The summed E-state index contributed by atoms with van der Waals surface area (Å²) in [5, 5.41) is 14.0. The van der Waals surface area contributed by atoms with E-state index in [1.807, 2.05) is 39.8 Å². The first-order valence-electron chi connectivity index (χ1n) is 13.3. The van der Waals surface area contributed by atoms with Gasteiger partial charge >= 0.3 is 0 Å². The van der Waals surface area contributed by atoms with E-state index in [0.717, 1.165) is 21.8 Å². The molecule has 0 saturated carbocycles. The van der Waals surface area contributed by atoms with E-state index in [1.165, 1.54) is 4.90 Å². The molecule has 2 amide bonds. The summed E-state index contributed by atoms with van der Waals surface area (Å²) >= 11 is 0. The van der Waals surface area contributed by atoms with Crippen molar-refractivity contribution in [1.29, 1.82) is 0 Å². The average Bonchev–Trinajstić information content (AvgIpc) is 3.13. The molecule has 0 saturated heterocycles. The van der Waals surface area contributed by atoms with Crippen LogP contribution >= 0.6 is 0 Å². The highest BCUT2D eigenvalue weighted by atomic mass is 28.3. The van der Waals surface area contributed by atoms with E-state index in [1.54, 1.807) is 24.3 Å². The Bertz CT molecular complexity index is 1250.